The monoisotopic (exact) mass is 323 g/mol. The quantitative estimate of drug-likeness (QED) is 0.307. The molecule has 22 heavy (non-hydrogen) atoms. The van der Waals surface area contributed by atoms with Gasteiger partial charge < -0.3 is 19.7 Å². The summed E-state index contributed by atoms with van der Waals surface area (Å²) in [4.78, 5) is 40.0. The van der Waals surface area contributed by atoms with E-state index >= 15 is 0 Å². The zero-order chi connectivity index (χ0) is 17.1. The summed E-state index contributed by atoms with van der Waals surface area (Å²) in [6, 6.07) is 0.0200. The molecule has 11 heteroatoms. The van der Waals surface area contributed by atoms with Crippen molar-refractivity contribution >= 4 is 5.91 Å². The van der Waals surface area contributed by atoms with Gasteiger partial charge in [-0.15, -0.1) is 20.2 Å². The molecule has 1 amide bonds. The second-order valence-electron chi connectivity index (χ2n) is 4.90. The van der Waals surface area contributed by atoms with Gasteiger partial charge in [0, 0.05) is 12.5 Å². The predicted octanol–water partition coefficient (Wildman–Crippen LogP) is 0.339. The number of hydrogen-bond donors (Lipinski definition) is 1. The summed E-state index contributed by atoms with van der Waals surface area (Å²) >= 11 is 0. The molecule has 128 valence electrons. The number of amides is 1. The Balaban J connectivity index is 3.98. The van der Waals surface area contributed by atoms with Gasteiger partial charge in [0.1, 0.15) is 6.61 Å². The topological polar surface area (TPSA) is 143 Å². The summed E-state index contributed by atoms with van der Waals surface area (Å²) in [6.45, 7) is 4.88. The van der Waals surface area contributed by atoms with Gasteiger partial charge in [-0.2, -0.15) is 0 Å². The van der Waals surface area contributed by atoms with Crippen molar-refractivity contribution in [3.63, 3.8) is 0 Å². The first-order valence-corrected chi connectivity index (χ1v) is 6.68. The Labute approximate surface area is 127 Å². The molecule has 2 atom stereocenters. The lowest BCUT2D eigenvalue weighted by molar-refractivity contribution is -0.790. The SMILES string of the molecule is CC(C)C(C)NC(=O)CCOCC(CO[N+](=O)[O-])O[N+](=O)[O-]. The first-order valence-electron chi connectivity index (χ1n) is 6.68. The first-order chi connectivity index (χ1) is 10.2. The smallest absolute Gasteiger partial charge is 0.294 e. The minimum Gasteiger partial charge on any atom is -0.379 e. The van der Waals surface area contributed by atoms with Crippen molar-refractivity contribution in [3.8, 4) is 0 Å². The van der Waals surface area contributed by atoms with Gasteiger partial charge in [0.25, 0.3) is 10.2 Å². The van der Waals surface area contributed by atoms with Crippen LogP contribution in [0.3, 0.4) is 0 Å². The van der Waals surface area contributed by atoms with E-state index in [1.54, 1.807) is 0 Å². The zero-order valence-corrected chi connectivity index (χ0v) is 12.7. The van der Waals surface area contributed by atoms with E-state index in [1.807, 2.05) is 20.8 Å². The Bertz CT molecular complexity index is 376. The van der Waals surface area contributed by atoms with Gasteiger partial charge >= 0.3 is 0 Å². The molecule has 0 aliphatic rings. The summed E-state index contributed by atoms with van der Waals surface area (Å²) in [5.74, 6) is 0.0801. The molecule has 0 radical (unpaired) electrons. The van der Waals surface area contributed by atoms with Crippen LogP contribution in [0.1, 0.15) is 27.2 Å². The number of rotatable bonds is 12. The Morgan fingerprint density at radius 3 is 2.27 bits per heavy atom. The van der Waals surface area contributed by atoms with Crippen LogP contribution in [-0.2, 0) is 19.2 Å². The summed E-state index contributed by atoms with van der Waals surface area (Å²) in [5.41, 5.74) is 0. The molecule has 0 saturated carbocycles. The summed E-state index contributed by atoms with van der Waals surface area (Å²) in [5, 5.41) is 20.8. The van der Waals surface area contributed by atoms with Crippen LogP contribution < -0.4 is 5.32 Å². The lowest BCUT2D eigenvalue weighted by Crippen LogP contribution is -2.36. The van der Waals surface area contributed by atoms with Gasteiger partial charge in [-0.1, -0.05) is 13.8 Å². The first kappa shape index (κ1) is 19.8. The van der Waals surface area contributed by atoms with E-state index in [1.165, 1.54) is 0 Å². The summed E-state index contributed by atoms with van der Waals surface area (Å²) < 4.78 is 5.05. The van der Waals surface area contributed by atoms with E-state index in [9.17, 15) is 25.0 Å². The van der Waals surface area contributed by atoms with Crippen molar-refractivity contribution in [1.82, 2.24) is 5.32 Å². The van der Waals surface area contributed by atoms with Crippen molar-refractivity contribution in [3.05, 3.63) is 20.2 Å². The number of nitrogens with one attached hydrogen (secondary N) is 1. The highest BCUT2D eigenvalue weighted by molar-refractivity contribution is 5.76. The number of carbonyl (C=O) groups is 1. The van der Waals surface area contributed by atoms with Crippen LogP contribution in [-0.4, -0.2) is 48.0 Å². The normalized spacial score (nSPS) is 13.3. The van der Waals surface area contributed by atoms with Crippen LogP contribution in [0.4, 0.5) is 0 Å². The third-order valence-corrected chi connectivity index (χ3v) is 2.77. The maximum absolute atomic E-state index is 11.6. The van der Waals surface area contributed by atoms with E-state index in [2.05, 4.69) is 15.0 Å². The van der Waals surface area contributed by atoms with E-state index < -0.39 is 22.9 Å². The minimum atomic E-state index is -1.24. The second-order valence-corrected chi connectivity index (χ2v) is 4.90. The molecule has 0 bridgehead atoms. The molecule has 1 N–H and O–H groups in total. The van der Waals surface area contributed by atoms with Gasteiger partial charge in [-0.3, -0.25) is 4.79 Å². The van der Waals surface area contributed by atoms with Gasteiger partial charge in [-0.25, -0.2) is 0 Å². The standard InChI is InChI=1S/C11H21N3O8/c1-8(2)9(3)12-11(15)4-5-20-6-10(22-14(18)19)7-21-13(16)17/h8-10H,4-7H2,1-3H3,(H,12,15). The zero-order valence-electron chi connectivity index (χ0n) is 12.7. The number of ether oxygens (including phenoxy) is 1. The fourth-order valence-electron chi connectivity index (χ4n) is 1.25. The van der Waals surface area contributed by atoms with Crippen molar-refractivity contribution in [2.24, 2.45) is 5.92 Å². The van der Waals surface area contributed by atoms with Crippen LogP contribution in [0.5, 0.6) is 0 Å². The van der Waals surface area contributed by atoms with Crippen LogP contribution in [0.15, 0.2) is 0 Å². The molecule has 0 saturated heterocycles. The summed E-state index contributed by atoms with van der Waals surface area (Å²) in [7, 11) is 0. The highest BCUT2D eigenvalue weighted by Gasteiger charge is 2.16. The highest BCUT2D eigenvalue weighted by Crippen LogP contribution is 2.01. The van der Waals surface area contributed by atoms with Crippen LogP contribution >= 0.6 is 0 Å². The van der Waals surface area contributed by atoms with Gasteiger partial charge in [-0.05, 0) is 12.8 Å². The molecule has 0 aliphatic heterocycles. The Hall–Kier alpha value is -2.17. The number of carbonyl (C=O) groups excluding carboxylic acids is 1. The third kappa shape index (κ3) is 10.6. The largest absolute Gasteiger partial charge is 0.379 e. The van der Waals surface area contributed by atoms with Crippen molar-refractivity contribution in [2.45, 2.75) is 39.3 Å². The predicted molar refractivity (Wildman–Crippen MR) is 72.7 cm³/mol. The van der Waals surface area contributed by atoms with Crippen molar-refractivity contribution < 1.29 is 29.4 Å². The van der Waals surface area contributed by atoms with E-state index in [-0.39, 0.29) is 31.6 Å². The molecular formula is C11H21N3O8. The highest BCUT2D eigenvalue weighted by atomic mass is 17.0. The fraction of sp³-hybridized carbons (Fsp3) is 0.909. The molecule has 0 rings (SSSR count). The Kier molecular flexibility index (Phi) is 9.50. The summed E-state index contributed by atoms with van der Waals surface area (Å²) in [6.07, 6.45) is -1.17. The van der Waals surface area contributed by atoms with Gasteiger partial charge in [0.05, 0.1) is 13.2 Å². The molecular weight excluding hydrogens is 302 g/mol. The van der Waals surface area contributed by atoms with Crippen molar-refractivity contribution in [2.75, 3.05) is 19.8 Å². The third-order valence-electron chi connectivity index (χ3n) is 2.77. The Morgan fingerprint density at radius 1 is 1.14 bits per heavy atom. The fourth-order valence-corrected chi connectivity index (χ4v) is 1.25. The molecule has 0 aromatic carbocycles. The molecule has 0 fully saturated rings. The second kappa shape index (κ2) is 10.5. The van der Waals surface area contributed by atoms with Crippen LogP contribution in [0.25, 0.3) is 0 Å². The van der Waals surface area contributed by atoms with E-state index in [4.69, 9.17) is 4.74 Å². The van der Waals surface area contributed by atoms with Gasteiger partial charge in [0.2, 0.25) is 5.91 Å². The lowest BCUT2D eigenvalue weighted by Gasteiger charge is -2.17. The number of hydrogen-bond acceptors (Lipinski definition) is 8. The van der Waals surface area contributed by atoms with Crippen LogP contribution in [0, 0.1) is 26.1 Å². The Morgan fingerprint density at radius 2 is 1.77 bits per heavy atom. The van der Waals surface area contributed by atoms with E-state index in [0.29, 0.717) is 5.92 Å². The lowest BCUT2D eigenvalue weighted by atomic mass is 10.1. The minimum absolute atomic E-state index is 0.00663. The average molecular weight is 323 g/mol. The van der Waals surface area contributed by atoms with Gasteiger partial charge in [0.15, 0.2) is 6.10 Å². The molecule has 0 aromatic heterocycles. The molecule has 0 aromatic rings. The average Bonchev–Trinajstić information content (AvgIpc) is 2.39. The molecule has 11 nitrogen and oxygen atoms in total. The van der Waals surface area contributed by atoms with E-state index in [0.717, 1.165) is 0 Å². The maximum Gasteiger partial charge on any atom is 0.294 e. The molecule has 0 spiro atoms. The molecule has 0 aliphatic carbocycles. The van der Waals surface area contributed by atoms with Crippen molar-refractivity contribution in [1.29, 1.82) is 0 Å². The molecule has 0 heterocycles. The number of nitrogens with zero attached hydrogens (tertiary/aromatic N) is 2. The van der Waals surface area contributed by atoms with Crippen LogP contribution in [0.2, 0.25) is 0 Å². The maximum atomic E-state index is 11.6. The molecule has 2 unspecified atom stereocenters.